The van der Waals surface area contributed by atoms with Gasteiger partial charge >= 0.3 is 5.97 Å². The van der Waals surface area contributed by atoms with E-state index in [1.807, 2.05) is 0 Å². The number of carbonyl (C=O) groups is 1. The summed E-state index contributed by atoms with van der Waals surface area (Å²) < 4.78 is 14.5. The molecule has 1 N–H and O–H groups in total. The molecule has 0 aliphatic carbocycles. The summed E-state index contributed by atoms with van der Waals surface area (Å²) in [7, 11) is 0. The topological polar surface area (TPSA) is 72.2 Å². The van der Waals surface area contributed by atoms with Gasteiger partial charge in [-0.15, -0.1) is 0 Å². The lowest BCUT2D eigenvalue weighted by Crippen LogP contribution is -2.25. The second-order valence-corrected chi connectivity index (χ2v) is 6.92. The molecular formula is C18H17FN2O3S. The van der Waals surface area contributed by atoms with Crippen LogP contribution in [-0.4, -0.2) is 20.6 Å². The Kier molecular flexibility index (Phi) is 4.67. The summed E-state index contributed by atoms with van der Waals surface area (Å²) in [4.78, 5) is 29.2. The Labute approximate surface area is 147 Å². The molecule has 2 heterocycles. The fraction of sp³-hybridized carbons (Fsp3) is 0.278. The van der Waals surface area contributed by atoms with Gasteiger partial charge in [-0.25, -0.2) is 14.2 Å². The predicted molar refractivity (Wildman–Crippen MR) is 95.5 cm³/mol. The van der Waals surface area contributed by atoms with Crippen molar-refractivity contribution in [2.24, 2.45) is 0 Å². The third-order valence-corrected chi connectivity index (χ3v) is 5.32. The number of nitrogens with zero attached hydrogens (tertiary/aromatic N) is 2. The molecule has 0 bridgehead atoms. The van der Waals surface area contributed by atoms with Gasteiger partial charge in [0, 0.05) is 5.92 Å². The number of aromatic nitrogens is 2. The van der Waals surface area contributed by atoms with E-state index in [9.17, 15) is 19.1 Å². The zero-order chi connectivity index (χ0) is 18.1. The number of carboxylic acid groups (broad SMARTS) is 1. The molecule has 25 heavy (non-hydrogen) atoms. The molecule has 0 aliphatic heterocycles. The Morgan fingerprint density at radius 3 is 2.64 bits per heavy atom. The number of benzene rings is 1. The quantitative estimate of drug-likeness (QED) is 0.740. The zero-order valence-corrected chi connectivity index (χ0v) is 14.6. The van der Waals surface area contributed by atoms with E-state index < -0.39 is 17.3 Å². The van der Waals surface area contributed by atoms with Crippen LogP contribution in [-0.2, 0) is 0 Å². The van der Waals surface area contributed by atoms with Crippen LogP contribution in [0.5, 0.6) is 0 Å². The van der Waals surface area contributed by atoms with Crippen molar-refractivity contribution < 1.29 is 14.3 Å². The molecule has 0 radical (unpaired) electrons. The highest BCUT2D eigenvalue weighted by atomic mass is 32.1. The van der Waals surface area contributed by atoms with E-state index in [4.69, 9.17) is 0 Å². The van der Waals surface area contributed by atoms with Crippen LogP contribution in [0.2, 0.25) is 0 Å². The zero-order valence-electron chi connectivity index (χ0n) is 13.8. The monoisotopic (exact) mass is 360 g/mol. The van der Waals surface area contributed by atoms with Crippen LogP contribution in [0.4, 0.5) is 4.39 Å². The van der Waals surface area contributed by atoms with Crippen molar-refractivity contribution in [3.05, 3.63) is 57.1 Å². The summed E-state index contributed by atoms with van der Waals surface area (Å²) in [6.07, 6.45) is 1.95. The number of hydrogen-bond donors (Lipinski definition) is 1. The molecule has 0 saturated carbocycles. The van der Waals surface area contributed by atoms with E-state index in [-0.39, 0.29) is 11.5 Å². The molecule has 0 aliphatic rings. The van der Waals surface area contributed by atoms with Gasteiger partial charge in [0.1, 0.15) is 16.2 Å². The number of pyridine rings is 1. The Morgan fingerprint density at radius 2 is 2.04 bits per heavy atom. The maximum atomic E-state index is 13.2. The van der Waals surface area contributed by atoms with Crippen molar-refractivity contribution in [2.75, 3.05) is 0 Å². The number of halogens is 1. The van der Waals surface area contributed by atoms with Gasteiger partial charge in [0.05, 0.1) is 16.2 Å². The fourth-order valence-corrected chi connectivity index (χ4v) is 3.90. The van der Waals surface area contributed by atoms with E-state index in [1.54, 1.807) is 0 Å². The average molecular weight is 360 g/mol. The van der Waals surface area contributed by atoms with Crippen LogP contribution in [0.15, 0.2) is 35.1 Å². The molecule has 0 fully saturated rings. The van der Waals surface area contributed by atoms with Gasteiger partial charge in [0.15, 0.2) is 0 Å². The molecule has 7 heteroatoms. The molecule has 0 spiro atoms. The smallest absolute Gasteiger partial charge is 0.341 e. The van der Waals surface area contributed by atoms with Gasteiger partial charge in [-0.3, -0.25) is 9.36 Å². The third kappa shape index (κ3) is 3.19. The molecule has 130 valence electrons. The molecule has 2 aromatic heterocycles. The maximum Gasteiger partial charge on any atom is 0.341 e. The summed E-state index contributed by atoms with van der Waals surface area (Å²) >= 11 is 1.37. The number of fused-ring (bicyclic) bond motifs is 1. The highest BCUT2D eigenvalue weighted by Crippen LogP contribution is 2.31. The van der Waals surface area contributed by atoms with Crippen molar-refractivity contribution in [1.82, 2.24) is 9.55 Å². The molecule has 3 rings (SSSR count). The van der Waals surface area contributed by atoms with Crippen molar-refractivity contribution in [2.45, 2.75) is 32.6 Å². The first-order valence-corrected chi connectivity index (χ1v) is 8.79. The van der Waals surface area contributed by atoms with Crippen LogP contribution < -0.4 is 5.56 Å². The summed E-state index contributed by atoms with van der Waals surface area (Å²) in [5.74, 6) is -1.52. The second-order valence-electron chi connectivity index (χ2n) is 5.91. The van der Waals surface area contributed by atoms with Gasteiger partial charge in [-0.05, 0) is 36.8 Å². The predicted octanol–water partition coefficient (Wildman–Crippen LogP) is 4.19. The molecule has 0 saturated heterocycles. The van der Waals surface area contributed by atoms with Crippen molar-refractivity contribution in [3.8, 4) is 5.69 Å². The third-order valence-electron chi connectivity index (χ3n) is 4.03. The highest BCUT2D eigenvalue weighted by molar-refractivity contribution is 7.18. The normalized spacial score (nSPS) is 12.4. The lowest BCUT2D eigenvalue weighted by Gasteiger charge is -2.08. The van der Waals surface area contributed by atoms with Crippen LogP contribution >= 0.6 is 11.3 Å². The highest BCUT2D eigenvalue weighted by Gasteiger charge is 2.20. The first kappa shape index (κ1) is 17.3. The van der Waals surface area contributed by atoms with E-state index in [0.29, 0.717) is 16.0 Å². The number of aromatic carboxylic acids is 1. The number of rotatable bonds is 5. The molecular weight excluding hydrogens is 343 g/mol. The number of carboxylic acids is 1. The summed E-state index contributed by atoms with van der Waals surface area (Å²) in [5, 5.41) is 10.2. The first-order chi connectivity index (χ1) is 11.9. The Balaban J connectivity index is 2.31. The van der Waals surface area contributed by atoms with Crippen LogP contribution in [0.3, 0.4) is 0 Å². The maximum absolute atomic E-state index is 13.2. The molecule has 1 atom stereocenters. The van der Waals surface area contributed by atoms with Gasteiger partial charge in [0.2, 0.25) is 0 Å². The minimum Gasteiger partial charge on any atom is -0.477 e. The molecule has 1 unspecified atom stereocenters. The van der Waals surface area contributed by atoms with Crippen molar-refractivity contribution in [3.63, 3.8) is 0 Å². The largest absolute Gasteiger partial charge is 0.477 e. The fourth-order valence-electron chi connectivity index (χ4n) is 2.75. The summed E-state index contributed by atoms with van der Waals surface area (Å²) in [6.45, 7) is 4.14. The van der Waals surface area contributed by atoms with E-state index in [0.717, 1.165) is 17.8 Å². The lowest BCUT2D eigenvalue weighted by atomic mass is 10.1. The molecule has 3 aromatic rings. The van der Waals surface area contributed by atoms with E-state index in [2.05, 4.69) is 18.8 Å². The van der Waals surface area contributed by atoms with Gasteiger partial charge in [-0.2, -0.15) is 0 Å². The first-order valence-electron chi connectivity index (χ1n) is 7.98. The standard InChI is InChI=1S/C18H17FN2O3S/c1-3-4-10(2)15-20-14-9-13(18(23)24)16(22)21(17(14)25-15)12-7-5-11(19)6-8-12/h5-10H,3-4H2,1-2H3,(H,23,24). The van der Waals surface area contributed by atoms with Crippen LogP contribution in [0, 0.1) is 5.82 Å². The lowest BCUT2D eigenvalue weighted by molar-refractivity contribution is 0.0695. The average Bonchev–Trinajstić information content (AvgIpc) is 2.99. The Hall–Kier alpha value is -2.54. The minimum atomic E-state index is -1.31. The van der Waals surface area contributed by atoms with Gasteiger partial charge in [0.25, 0.3) is 5.56 Å². The second kappa shape index (κ2) is 6.76. The van der Waals surface area contributed by atoms with Crippen LogP contribution in [0.25, 0.3) is 16.0 Å². The summed E-state index contributed by atoms with van der Waals surface area (Å²) in [5.41, 5.74) is -0.121. The summed E-state index contributed by atoms with van der Waals surface area (Å²) in [6, 6.07) is 6.71. The van der Waals surface area contributed by atoms with Crippen molar-refractivity contribution >= 4 is 27.7 Å². The van der Waals surface area contributed by atoms with Crippen molar-refractivity contribution in [1.29, 1.82) is 0 Å². The minimum absolute atomic E-state index is 0.215. The van der Waals surface area contributed by atoms with E-state index in [1.165, 1.54) is 46.2 Å². The molecule has 5 nitrogen and oxygen atoms in total. The van der Waals surface area contributed by atoms with Gasteiger partial charge < -0.3 is 5.11 Å². The number of thiazole rings is 1. The molecule has 1 aromatic carbocycles. The number of hydrogen-bond acceptors (Lipinski definition) is 4. The molecule has 0 amide bonds. The van der Waals surface area contributed by atoms with E-state index >= 15 is 0 Å². The van der Waals surface area contributed by atoms with Crippen LogP contribution in [0.1, 0.15) is 48.0 Å². The van der Waals surface area contributed by atoms with Gasteiger partial charge in [-0.1, -0.05) is 31.6 Å². The SMILES string of the molecule is CCCC(C)c1nc2cc(C(=O)O)c(=O)n(-c3ccc(F)cc3)c2s1. The Morgan fingerprint density at radius 1 is 1.36 bits per heavy atom. The Bertz CT molecular complexity index is 992.